The summed E-state index contributed by atoms with van der Waals surface area (Å²) in [5.41, 5.74) is 0. The van der Waals surface area contributed by atoms with Crippen LogP contribution >= 0.6 is 0 Å². The van der Waals surface area contributed by atoms with Crippen LogP contribution in [0.3, 0.4) is 0 Å². The smallest absolute Gasteiger partial charge is 0.334 e. The van der Waals surface area contributed by atoms with E-state index in [0.717, 1.165) is 12.8 Å². The molecule has 0 spiro atoms. The lowest BCUT2D eigenvalue weighted by atomic mass is 9.88. The average molecular weight is 271 g/mol. The minimum Gasteiger partial charge on any atom is -0.479 e. The Hall–Kier alpha value is -1.10. The van der Waals surface area contributed by atoms with E-state index < -0.39 is 12.1 Å². The number of hydrogen-bond donors (Lipinski definition) is 1. The molecule has 5 heteroatoms. The Morgan fingerprint density at radius 2 is 1.89 bits per heavy atom. The zero-order chi connectivity index (χ0) is 14.6. The minimum atomic E-state index is -1.00. The van der Waals surface area contributed by atoms with Gasteiger partial charge >= 0.3 is 5.97 Å². The van der Waals surface area contributed by atoms with Crippen molar-refractivity contribution in [1.29, 1.82) is 0 Å². The number of nitrogens with zero attached hydrogens (tertiary/aromatic N) is 1. The highest BCUT2D eigenvalue weighted by Gasteiger charge is 2.35. The SMILES string of the molecule is CCC(CC)C(C)C(=O)N1CC(C(=O)O)O[C@H](C)C1. The lowest BCUT2D eigenvalue weighted by Crippen LogP contribution is -2.53. The zero-order valence-electron chi connectivity index (χ0n) is 12.3. The Bertz CT molecular complexity index is 327. The van der Waals surface area contributed by atoms with Gasteiger partial charge in [-0.05, 0) is 12.8 Å². The number of carboxylic acids is 1. The van der Waals surface area contributed by atoms with Crippen molar-refractivity contribution in [2.24, 2.45) is 11.8 Å². The molecular formula is C14H25NO4. The van der Waals surface area contributed by atoms with Gasteiger partial charge in [0.15, 0.2) is 6.10 Å². The maximum Gasteiger partial charge on any atom is 0.334 e. The molecule has 0 aromatic heterocycles. The van der Waals surface area contributed by atoms with E-state index in [0.29, 0.717) is 12.5 Å². The van der Waals surface area contributed by atoms with Crippen molar-refractivity contribution < 1.29 is 19.4 Å². The van der Waals surface area contributed by atoms with Gasteiger partial charge in [-0.2, -0.15) is 0 Å². The van der Waals surface area contributed by atoms with Crippen LogP contribution in [0, 0.1) is 11.8 Å². The van der Waals surface area contributed by atoms with Crippen molar-refractivity contribution in [3.05, 3.63) is 0 Å². The Balaban J connectivity index is 2.72. The molecule has 1 N–H and O–H groups in total. The maximum atomic E-state index is 12.4. The molecule has 1 amide bonds. The first-order chi connectivity index (χ1) is 8.90. The number of morpholine rings is 1. The molecule has 1 saturated heterocycles. The molecule has 0 saturated carbocycles. The molecule has 1 fully saturated rings. The van der Waals surface area contributed by atoms with Crippen LogP contribution in [-0.2, 0) is 14.3 Å². The second-order valence-corrected chi connectivity index (χ2v) is 5.38. The summed E-state index contributed by atoms with van der Waals surface area (Å²) in [6.07, 6.45) is 0.798. The molecule has 0 bridgehead atoms. The van der Waals surface area contributed by atoms with Crippen molar-refractivity contribution in [1.82, 2.24) is 4.90 Å². The molecule has 1 heterocycles. The Morgan fingerprint density at radius 3 is 2.37 bits per heavy atom. The van der Waals surface area contributed by atoms with Crippen LogP contribution < -0.4 is 0 Å². The quantitative estimate of drug-likeness (QED) is 0.827. The number of carbonyl (C=O) groups excluding carboxylic acids is 1. The molecule has 1 aliphatic rings. The number of aliphatic carboxylic acids is 1. The van der Waals surface area contributed by atoms with Crippen LogP contribution in [0.4, 0.5) is 0 Å². The third kappa shape index (κ3) is 3.93. The van der Waals surface area contributed by atoms with E-state index in [4.69, 9.17) is 9.84 Å². The van der Waals surface area contributed by atoms with Crippen LogP contribution in [-0.4, -0.2) is 47.2 Å². The van der Waals surface area contributed by atoms with Gasteiger partial charge in [0, 0.05) is 12.5 Å². The van der Waals surface area contributed by atoms with Gasteiger partial charge in [-0.3, -0.25) is 4.79 Å². The topological polar surface area (TPSA) is 66.8 Å². The van der Waals surface area contributed by atoms with Crippen LogP contribution in [0.1, 0.15) is 40.5 Å². The monoisotopic (exact) mass is 271 g/mol. The molecule has 3 atom stereocenters. The first-order valence-electron chi connectivity index (χ1n) is 7.07. The molecule has 0 aromatic rings. The molecule has 0 aliphatic carbocycles. The third-order valence-corrected chi connectivity index (χ3v) is 3.99. The molecule has 1 rings (SSSR count). The van der Waals surface area contributed by atoms with E-state index in [1.807, 2.05) is 6.92 Å². The van der Waals surface area contributed by atoms with Crippen molar-refractivity contribution in [3.63, 3.8) is 0 Å². The summed E-state index contributed by atoms with van der Waals surface area (Å²) >= 11 is 0. The number of carboxylic acid groups (broad SMARTS) is 1. The summed E-state index contributed by atoms with van der Waals surface area (Å²) in [6, 6.07) is 0. The van der Waals surface area contributed by atoms with Crippen LogP contribution in [0.25, 0.3) is 0 Å². The number of hydrogen-bond acceptors (Lipinski definition) is 3. The van der Waals surface area contributed by atoms with Gasteiger partial charge in [0.2, 0.25) is 5.91 Å². The highest BCUT2D eigenvalue weighted by molar-refractivity contribution is 5.80. The summed E-state index contributed by atoms with van der Waals surface area (Å²) in [5.74, 6) is -0.654. The predicted molar refractivity (Wildman–Crippen MR) is 71.8 cm³/mol. The number of carbonyl (C=O) groups is 2. The average Bonchev–Trinajstić information content (AvgIpc) is 2.38. The highest BCUT2D eigenvalue weighted by Crippen LogP contribution is 2.23. The van der Waals surface area contributed by atoms with E-state index in [1.54, 1.807) is 11.8 Å². The Morgan fingerprint density at radius 1 is 1.32 bits per heavy atom. The highest BCUT2D eigenvalue weighted by atomic mass is 16.5. The molecule has 5 nitrogen and oxygen atoms in total. The van der Waals surface area contributed by atoms with Crippen LogP contribution in [0.15, 0.2) is 0 Å². The number of rotatable bonds is 5. The molecule has 19 heavy (non-hydrogen) atoms. The fourth-order valence-corrected chi connectivity index (χ4v) is 2.75. The molecule has 110 valence electrons. The molecule has 0 aromatic carbocycles. The second kappa shape index (κ2) is 6.89. The fraction of sp³-hybridized carbons (Fsp3) is 0.857. The van der Waals surface area contributed by atoms with E-state index in [1.165, 1.54) is 0 Å². The van der Waals surface area contributed by atoms with E-state index >= 15 is 0 Å². The van der Waals surface area contributed by atoms with Gasteiger partial charge in [0.05, 0.1) is 12.6 Å². The van der Waals surface area contributed by atoms with E-state index in [-0.39, 0.29) is 24.5 Å². The molecular weight excluding hydrogens is 246 g/mol. The zero-order valence-corrected chi connectivity index (χ0v) is 12.3. The number of ether oxygens (including phenoxy) is 1. The van der Waals surface area contributed by atoms with Gasteiger partial charge in [-0.1, -0.05) is 33.6 Å². The second-order valence-electron chi connectivity index (χ2n) is 5.38. The maximum absolute atomic E-state index is 12.4. The third-order valence-electron chi connectivity index (χ3n) is 3.99. The van der Waals surface area contributed by atoms with Crippen LogP contribution in [0.2, 0.25) is 0 Å². The van der Waals surface area contributed by atoms with Crippen molar-refractivity contribution in [2.75, 3.05) is 13.1 Å². The summed E-state index contributed by atoms with van der Waals surface area (Å²) in [7, 11) is 0. The Labute approximate surface area is 114 Å². The summed E-state index contributed by atoms with van der Waals surface area (Å²) in [6.45, 7) is 8.54. The van der Waals surface area contributed by atoms with Gasteiger partial charge in [0.1, 0.15) is 0 Å². The van der Waals surface area contributed by atoms with Gasteiger partial charge < -0.3 is 14.7 Å². The lowest BCUT2D eigenvalue weighted by molar-refractivity contribution is -0.168. The summed E-state index contributed by atoms with van der Waals surface area (Å²) < 4.78 is 5.33. The molecule has 0 radical (unpaired) electrons. The van der Waals surface area contributed by atoms with Crippen LogP contribution in [0.5, 0.6) is 0 Å². The first kappa shape index (κ1) is 16.0. The fourth-order valence-electron chi connectivity index (χ4n) is 2.75. The van der Waals surface area contributed by atoms with E-state index in [9.17, 15) is 9.59 Å². The minimum absolute atomic E-state index is 0.0510. The van der Waals surface area contributed by atoms with Gasteiger partial charge in [-0.25, -0.2) is 4.79 Å². The summed E-state index contributed by atoms with van der Waals surface area (Å²) in [4.78, 5) is 25.1. The molecule has 1 aliphatic heterocycles. The van der Waals surface area contributed by atoms with Crippen molar-refractivity contribution >= 4 is 11.9 Å². The largest absolute Gasteiger partial charge is 0.479 e. The van der Waals surface area contributed by atoms with Crippen molar-refractivity contribution in [2.45, 2.75) is 52.7 Å². The number of amides is 1. The normalized spacial score (nSPS) is 25.4. The van der Waals surface area contributed by atoms with Crippen molar-refractivity contribution in [3.8, 4) is 0 Å². The van der Waals surface area contributed by atoms with E-state index in [2.05, 4.69) is 13.8 Å². The lowest BCUT2D eigenvalue weighted by Gasteiger charge is -2.37. The van der Waals surface area contributed by atoms with Gasteiger partial charge in [-0.15, -0.1) is 0 Å². The predicted octanol–water partition coefficient (Wildman–Crippen LogP) is 1.76. The Kier molecular flexibility index (Phi) is 5.79. The standard InChI is InChI=1S/C14H25NO4/c1-5-11(6-2)10(4)13(16)15-7-9(3)19-12(8-15)14(17)18/h9-12H,5-8H2,1-4H3,(H,17,18)/t9-,10?,12?/m1/s1. The van der Waals surface area contributed by atoms with Gasteiger partial charge in [0.25, 0.3) is 0 Å². The molecule has 2 unspecified atom stereocenters. The first-order valence-corrected chi connectivity index (χ1v) is 7.07. The summed E-state index contributed by atoms with van der Waals surface area (Å²) in [5, 5.41) is 9.03.